The summed E-state index contributed by atoms with van der Waals surface area (Å²) in [6.07, 6.45) is 1.56. The molecule has 1 aromatic heterocycles. The zero-order chi connectivity index (χ0) is 20.1. The molecular formula is C20H17Cl2N3O2S. The first-order valence-corrected chi connectivity index (χ1v) is 9.94. The van der Waals surface area contributed by atoms with Gasteiger partial charge in [0.2, 0.25) is 0 Å². The molecule has 0 aliphatic carbocycles. The maximum Gasteiger partial charge on any atom is 0.283 e. The molecule has 144 valence electrons. The normalized spacial score (nSPS) is 11.0. The molecule has 0 saturated carbocycles. The van der Waals surface area contributed by atoms with Crippen LogP contribution in [-0.4, -0.2) is 17.1 Å². The minimum Gasteiger partial charge on any atom is -0.489 e. The van der Waals surface area contributed by atoms with Crippen molar-refractivity contribution in [3.63, 3.8) is 0 Å². The Labute approximate surface area is 177 Å². The molecule has 0 atom stereocenters. The molecule has 0 radical (unpaired) electrons. The van der Waals surface area contributed by atoms with E-state index in [4.69, 9.17) is 27.9 Å². The number of rotatable bonds is 6. The molecule has 2 aromatic carbocycles. The zero-order valence-electron chi connectivity index (χ0n) is 15.2. The molecule has 3 rings (SSSR count). The van der Waals surface area contributed by atoms with Crippen LogP contribution in [0.15, 0.2) is 47.6 Å². The number of nitrogens with one attached hydrogen (secondary N) is 1. The van der Waals surface area contributed by atoms with Crippen LogP contribution in [0.4, 0.5) is 0 Å². The van der Waals surface area contributed by atoms with Gasteiger partial charge in [0.05, 0.1) is 27.0 Å². The van der Waals surface area contributed by atoms with Gasteiger partial charge in [0, 0.05) is 0 Å². The van der Waals surface area contributed by atoms with Gasteiger partial charge in [0.25, 0.3) is 5.91 Å². The quantitative estimate of drug-likeness (QED) is 0.417. The summed E-state index contributed by atoms with van der Waals surface area (Å²) in [6, 6.07) is 12.8. The van der Waals surface area contributed by atoms with Crippen molar-refractivity contribution < 1.29 is 9.53 Å². The summed E-state index contributed by atoms with van der Waals surface area (Å²) < 4.78 is 5.79. The molecule has 0 spiro atoms. The molecule has 1 heterocycles. The van der Waals surface area contributed by atoms with Gasteiger partial charge in [-0.25, -0.2) is 10.4 Å². The number of benzene rings is 2. The van der Waals surface area contributed by atoms with Crippen molar-refractivity contribution in [1.82, 2.24) is 10.4 Å². The van der Waals surface area contributed by atoms with Crippen LogP contribution in [-0.2, 0) is 6.61 Å². The summed E-state index contributed by atoms with van der Waals surface area (Å²) in [4.78, 5) is 17.0. The Morgan fingerprint density at radius 1 is 1.21 bits per heavy atom. The van der Waals surface area contributed by atoms with Crippen LogP contribution in [0, 0.1) is 13.8 Å². The standard InChI is InChI=1S/C20H17Cl2N3O2S/c1-12-19(28-13(2)24-12)20(26)25-23-10-14-4-3-5-16(8-14)27-11-15-6-7-17(21)18(22)9-15/h3-10H,11H2,1-2H3,(H,25,26)/b23-10+. The second-order valence-electron chi connectivity index (χ2n) is 5.96. The minimum absolute atomic E-state index is 0.272. The monoisotopic (exact) mass is 433 g/mol. The topological polar surface area (TPSA) is 63.6 Å². The van der Waals surface area contributed by atoms with Gasteiger partial charge in [-0.1, -0.05) is 41.4 Å². The summed E-state index contributed by atoms with van der Waals surface area (Å²) in [5.41, 5.74) is 4.93. The Kier molecular flexibility index (Phi) is 6.67. The lowest BCUT2D eigenvalue weighted by molar-refractivity contribution is 0.0958. The second-order valence-corrected chi connectivity index (χ2v) is 7.97. The van der Waals surface area contributed by atoms with Crippen molar-refractivity contribution in [1.29, 1.82) is 0 Å². The summed E-state index contributed by atoms with van der Waals surface area (Å²) >= 11 is 13.3. The van der Waals surface area contributed by atoms with Crippen LogP contribution in [0.3, 0.4) is 0 Å². The van der Waals surface area contributed by atoms with E-state index in [-0.39, 0.29) is 5.91 Å². The van der Waals surface area contributed by atoms with Gasteiger partial charge in [-0.15, -0.1) is 11.3 Å². The van der Waals surface area contributed by atoms with E-state index in [1.165, 1.54) is 11.3 Å². The molecule has 8 heteroatoms. The van der Waals surface area contributed by atoms with Crippen molar-refractivity contribution in [3.8, 4) is 5.75 Å². The van der Waals surface area contributed by atoms with Crippen LogP contribution in [0.2, 0.25) is 10.0 Å². The third-order valence-electron chi connectivity index (χ3n) is 3.74. The van der Waals surface area contributed by atoms with Gasteiger partial charge < -0.3 is 4.74 Å². The third-order valence-corrected chi connectivity index (χ3v) is 5.55. The van der Waals surface area contributed by atoms with E-state index >= 15 is 0 Å². The first-order valence-electron chi connectivity index (χ1n) is 8.36. The maximum atomic E-state index is 12.1. The number of hydrogen-bond donors (Lipinski definition) is 1. The van der Waals surface area contributed by atoms with Gasteiger partial charge >= 0.3 is 0 Å². The van der Waals surface area contributed by atoms with Crippen LogP contribution in [0.1, 0.15) is 31.5 Å². The Bertz CT molecular complexity index is 1030. The number of amides is 1. The molecule has 0 bridgehead atoms. The summed E-state index contributed by atoms with van der Waals surface area (Å²) in [6.45, 7) is 4.02. The fourth-order valence-corrected chi connectivity index (χ4v) is 3.57. The van der Waals surface area contributed by atoms with Gasteiger partial charge in [-0.2, -0.15) is 5.10 Å². The minimum atomic E-state index is -0.272. The van der Waals surface area contributed by atoms with Crippen LogP contribution in [0.5, 0.6) is 5.75 Å². The fourth-order valence-electron chi connectivity index (χ4n) is 2.44. The van der Waals surface area contributed by atoms with E-state index < -0.39 is 0 Å². The van der Waals surface area contributed by atoms with Gasteiger partial charge in [-0.05, 0) is 49.2 Å². The van der Waals surface area contributed by atoms with Gasteiger partial charge in [-0.3, -0.25) is 4.79 Å². The van der Waals surface area contributed by atoms with Crippen molar-refractivity contribution in [2.24, 2.45) is 5.10 Å². The number of ether oxygens (including phenoxy) is 1. The predicted molar refractivity (Wildman–Crippen MR) is 114 cm³/mol. The average Bonchev–Trinajstić information content (AvgIpc) is 3.01. The maximum absolute atomic E-state index is 12.1. The lowest BCUT2D eigenvalue weighted by atomic mass is 10.2. The SMILES string of the molecule is Cc1nc(C)c(C(=O)N/N=C/c2cccc(OCc3ccc(Cl)c(Cl)c3)c2)s1. The Hall–Kier alpha value is -2.41. The Balaban J connectivity index is 1.59. The predicted octanol–water partition coefficient (Wildman–Crippen LogP) is 5.41. The number of aromatic nitrogens is 1. The third kappa shape index (κ3) is 5.32. The number of carbonyl (C=O) groups excluding carboxylic acids is 1. The van der Waals surface area contributed by atoms with Crippen LogP contribution in [0.25, 0.3) is 0 Å². The summed E-state index contributed by atoms with van der Waals surface area (Å²) in [7, 11) is 0. The van der Waals surface area contributed by atoms with Crippen molar-refractivity contribution in [3.05, 3.63) is 79.2 Å². The highest BCUT2D eigenvalue weighted by atomic mass is 35.5. The molecule has 0 fully saturated rings. The van der Waals surface area contributed by atoms with E-state index in [0.29, 0.717) is 33.0 Å². The Morgan fingerprint density at radius 3 is 2.75 bits per heavy atom. The smallest absolute Gasteiger partial charge is 0.283 e. The number of carbonyl (C=O) groups is 1. The van der Waals surface area contributed by atoms with E-state index in [0.717, 1.165) is 16.1 Å². The van der Waals surface area contributed by atoms with Gasteiger partial charge in [0.15, 0.2) is 0 Å². The first kappa shape index (κ1) is 20.3. The molecule has 0 saturated heterocycles. The highest BCUT2D eigenvalue weighted by Crippen LogP contribution is 2.23. The number of hydrogen-bond acceptors (Lipinski definition) is 5. The number of halogens is 2. The van der Waals surface area contributed by atoms with E-state index in [1.54, 1.807) is 25.3 Å². The molecule has 1 amide bonds. The molecule has 0 aliphatic heterocycles. The number of aryl methyl sites for hydroxylation is 2. The van der Waals surface area contributed by atoms with Crippen molar-refractivity contribution in [2.45, 2.75) is 20.5 Å². The zero-order valence-corrected chi connectivity index (χ0v) is 17.5. The van der Waals surface area contributed by atoms with E-state index in [1.807, 2.05) is 37.3 Å². The van der Waals surface area contributed by atoms with Gasteiger partial charge in [0.1, 0.15) is 17.2 Å². The van der Waals surface area contributed by atoms with Crippen LogP contribution >= 0.6 is 34.5 Å². The highest BCUT2D eigenvalue weighted by Gasteiger charge is 2.12. The Morgan fingerprint density at radius 2 is 2.04 bits per heavy atom. The van der Waals surface area contributed by atoms with Crippen molar-refractivity contribution >= 4 is 46.7 Å². The number of nitrogens with zero attached hydrogens (tertiary/aromatic N) is 2. The average molecular weight is 434 g/mol. The second kappa shape index (κ2) is 9.19. The number of thiazole rings is 1. The van der Waals surface area contributed by atoms with Crippen LogP contribution < -0.4 is 10.2 Å². The molecule has 0 unspecified atom stereocenters. The number of hydrazone groups is 1. The molecular weight excluding hydrogens is 417 g/mol. The largest absolute Gasteiger partial charge is 0.489 e. The molecule has 0 aliphatic rings. The fraction of sp³-hybridized carbons (Fsp3) is 0.150. The van der Waals surface area contributed by atoms with E-state index in [9.17, 15) is 4.79 Å². The lowest BCUT2D eigenvalue weighted by Gasteiger charge is -2.08. The lowest BCUT2D eigenvalue weighted by Crippen LogP contribution is -2.17. The molecule has 3 aromatic rings. The van der Waals surface area contributed by atoms with E-state index in [2.05, 4.69) is 15.5 Å². The highest BCUT2D eigenvalue weighted by molar-refractivity contribution is 7.13. The summed E-state index contributed by atoms with van der Waals surface area (Å²) in [5, 5.41) is 5.86. The molecule has 5 nitrogen and oxygen atoms in total. The first-order chi connectivity index (χ1) is 13.4. The molecule has 1 N–H and O–H groups in total. The summed E-state index contributed by atoms with van der Waals surface area (Å²) in [5.74, 6) is 0.404. The van der Waals surface area contributed by atoms with Crippen molar-refractivity contribution in [2.75, 3.05) is 0 Å². The molecule has 28 heavy (non-hydrogen) atoms.